The van der Waals surface area contributed by atoms with Gasteiger partial charge in [-0.25, -0.2) is 9.18 Å². The smallest absolute Gasteiger partial charge is 0.475 e. The number of carbonyl (C=O) groups excluding carboxylic acids is 1. The van der Waals surface area contributed by atoms with E-state index in [2.05, 4.69) is 4.90 Å². The number of nitrogens with zero attached hydrogens (tertiary/aromatic N) is 3. The molecule has 2 aromatic rings. The first-order valence-corrected chi connectivity index (χ1v) is 9.72. The highest BCUT2D eigenvalue weighted by Crippen LogP contribution is 2.32. The highest BCUT2D eigenvalue weighted by Gasteiger charge is 2.42. The molecule has 2 unspecified atom stereocenters. The summed E-state index contributed by atoms with van der Waals surface area (Å²) in [6.07, 6.45) is -3.18. The van der Waals surface area contributed by atoms with Gasteiger partial charge in [-0.1, -0.05) is 12.1 Å². The summed E-state index contributed by atoms with van der Waals surface area (Å²) >= 11 is 0. The summed E-state index contributed by atoms with van der Waals surface area (Å²) in [6, 6.07) is 10.6. The zero-order valence-corrected chi connectivity index (χ0v) is 16.8. The summed E-state index contributed by atoms with van der Waals surface area (Å²) in [5.74, 6) is -1.74. The third-order valence-electron chi connectivity index (χ3n) is 5.55. The van der Waals surface area contributed by atoms with Crippen molar-refractivity contribution >= 4 is 11.9 Å². The zero-order chi connectivity index (χ0) is 22.8. The fourth-order valence-corrected chi connectivity index (χ4v) is 4.12. The summed E-state index contributed by atoms with van der Waals surface area (Å²) in [5, 5.41) is 7.12. The Kier molecular flexibility index (Phi) is 6.68. The minimum absolute atomic E-state index is 0.133. The lowest BCUT2D eigenvalue weighted by atomic mass is 10.0. The maximum absolute atomic E-state index is 13.3. The lowest BCUT2D eigenvalue weighted by Crippen LogP contribution is -2.34. The number of rotatable bonds is 3. The molecule has 2 atom stereocenters. The number of hydrogen-bond donors (Lipinski definition) is 1. The fourth-order valence-electron chi connectivity index (χ4n) is 4.12. The number of hydrogen-bond acceptors (Lipinski definition) is 3. The standard InChI is InChI=1S/C19H22FN3O.C2HF3O2/c1-21-7-3-6-18(21)19(24)23-12-15-10-22(11-16(15)13-23)9-14-4-2-5-17(20)8-14;3-2(4,5)1(6)7/h2-8,15-16H,9-13H2,1H3;(H,6,7). The number of aryl methyl sites for hydroxylation is 1. The molecule has 1 N–H and O–H groups in total. The molecular weight excluding hydrogens is 418 g/mol. The molecule has 1 aromatic heterocycles. The van der Waals surface area contributed by atoms with Crippen molar-refractivity contribution in [3.8, 4) is 0 Å². The van der Waals surface area contributed by atoms with Crippen molar-refractivity contribution < 1.29 is 32.3 Å². The number of benzene rings is 1. The van der Waals surface area contributed by atoms with Gasteiger partial charge in [0.05, 0.1) is 0 Å². The highest BCUT2D eigenvalue weighted by atomic mass is 19.4. The van der Waals surface area contributed by atoms with E-state index in [1.54, 1.807) is 12.1 Å². The Balaban J connectivity index is 0.000000339. The Morgan fingerprint density at radius 2 is 1.68 bits per heavy atom. The summed E-state index contributed by atoms with van der Waals surface area (Å²) in [7, 11) is 1.91. The molecule has 0 saturated carbocycles. The van der Waals surface area contributed by atoms with Crippen LogP contribution in [0.15, 0.2) is 42.6 Å². The molecule has 2 fully saturated rings. The lowest BCUT2D eigenvalue weighted by molar-refractivity contribution is -0.192. The molecular formula is C21H23F4N3O3. The summed E-state index contributed by atoms with van der Waals surface area (Å²) in [6.45, 7) is 4.41. The number of carboxylic acid groups (broad SMARTS) is 1. The summed E-state index contributed by atoms with van der Waals surface area (Å²) in [4.78, 5) is 25.9. The second kappa shape index (κ2) is 9.09. The molecule has 0 spiro atoms. The van der Waals surface area contributed by atoms with Gasteiger partial charge in [0.25, 0.3) is 5.91 Å². The summed E-state index contributed by atoms with van der Waals surface area (Å²) in [5.41, 5.74) is 1.78. The first-order valence-electron chi connectivity index (χ1n) is 9.72. The number of carboxylic acids is 1. The van der Waals surface area contributed by atoms with Crippen LogP contribution >= 0.6 is 0 Å². The summed E-state index contributed by atoms with van der Waals surface area (Å²) < 4.78 is 46.9. The molecule has 168 valence electrons. The quantitative estimate of drug-likeness (QED) is 0.744. The zero-order valence-electron chi connectivity index (χ0n) is 16.8. The largest absolute Gasteiger partial charge is 0.490 e. The van der Waals surface area contributed by atoms with Crippen molar-refractivity contribution in [2.24, 2.45) is 18.9 Å². The predicted octanol–water partition coefficient (Wildman–Crippen LogP) is 3.00. The van der Waals surface area contributed by atoms with Crippen molar-refractivity contribution in [2.75, 3.05) is 26.2 Å². The number of halogens is 4. The molecule has 2 aliphatic rings. The van der Waals surface area contributed by atoms with Gasteiger partial charge in [-0.2, -0.15) is 13.2 Å². The number of alkyl halides is 3. The van der Waals surface area contributed by atoms with Crippen molar-refractivity contribution in [2.45, 2.75) is 12.7 Å². The van der Waals surface area contributed by atoms with E-state index in [-0.39, 0.29) is 11.7 Å². The average molecular weight is 441 g/mol. The Bertz CT molecular complexity index is 930. The van der Waals surface area contributed by atoms with E-state index in [0.717, 1.165) is 44.0 Å². The second-order valence-electron chi connectivity index (χ2n) is 7.86. The maximum atomic E-state index is 13.3. The van der Waals surface area contributed by atoms with Gasteiger partial charge in [-0.05, 0) is 41.7 Å². The van der Waals surface area contributed by atoms with E-state index in [0.29, 0.717) is 11.8 Å². The molecule has 0 radical (unpaired) electrons. The molecule has 1 aromatic carbocycles. The van der Waals surface area contributed by atoms with Crippen LogP contribution in [0.5, 0.6) is 0 Å². The van der Waals surface area contributed by atoms with Gasteiger partial charge in [0.2, 0.25) is 0 Å². The maximum Gasteiger partial charge on any atom is 0.490 e. The van der Waals surface area contributed by atoms with Crippen molar-refractivity contribution in [3.05, 3.63) is 59.7 Å². The minimum Gasteiger partial charge on any atom is -0.475 e. The van der Waals surface area contributed by atoms with Gasteiger partial charge >= 0.3 is 12.1 Å². The Labute approximate surface area is 176 Å². The monoisotopic (exact) mass is 441 g/mol. The van der Waals surface area contributed by atoms with Gasteiger partial charge < -0.3 is 14.6 Å². The van der Waals surface area contributed by atoms with Gasteiger partial charge in [-0.3, -0.25) is 9.69 Å². The van der Waals surface area contributed by atoms with E-state index < -0.39 is 12.1 Å². The van der Waals surface area contributed by atoms with Crippen LogP contribution in [0.4, 0.5) is 17.6 Å². The molecule has 0 aliphatic carbocycles. The average Bonchev–Trinajstić information content (AvgIpc) is 3.35. The first kappa shape index (κ1) is 22.8. The number of aromatic nitrogens is 1. The van der Waals surface area contributed by atoms with Crippen molar-refractivity contribution in [1.82, 2.24) is 14.4 Å². The van der Waals surface area contributed by atoms with E-state index in [1.807, 2.05) is 40.9 Å². The topological polar surface area (TPSA) is 65.8 Å². The number of carbonyl (C=O) groups is 2. The molecule has 2 aliphatic heterocycles. The van der Waals surface area contributed by atoms with Crippen LogP contribution in [0.1, 0.15) is 16.1 Å². The minimum atomic E-state index is -5.08. The van der Waals surface area contributed by atoms with E-state index in [1.165, 1.54) is 6.07 Å². The Morgan fingerprint density at radius 1 is 1.06 bits per heavy atom. The number of aliphatic carboxylic acids is 1. The van der Waals surface area contributed by atoms with Crippen LogP contribution in [0, 0.1) is 17.7 Å². The normalized spacial score (nSPS) is 20.9. The van der Waals surface area contributed by atoms with Gasteiger partial charge in [0.15, 0.2) is 0 Å². The van der Waals surface area contributed by atoms with E-state index in [9.17, 15) is 22.4 Å². The van der Waals surface area contributed by atoms with Crippen LogP contribution in [-0.2, 0) is 18.4 Å². The molecule has 1 amide bonds. The van der Waals surface area contributed by atoms with E-state index >= 15 is 0 Å². The molecule has 31 heavy (non-hydrogen) atoms. The first-order chi connectivity index (χ1) is 14.5. The van der Waals surface area contributed by atoms with Crippen LogP contribution in [0.2, 0.25) is 0 Å². The van der Waals surface area contributed by atoms with Gasteiger partial charge in [-0.15, -0.1) is 0 Å². The third-order valence-corrected chi connectivity index (χ3v) is 5.55. The number of likely N-dealkylation sites (tertiary alicyclic amines) is 2. The van der Waals surface area contributed by atoms with Crippen molar-refractivity contribution in [3.63, 3.8) is 0 Å². The molecule has 10 heteroatoms. The van der Waals surface area contributed by atoms with Gasteiger partial charge in [0, 0.05) is 46.0 Å². The van der Waals surface area contributed by atoms with Crippen LogP contribution in [-0.4, -0.2) is 63.7 Å². The lowest BCUT2D eigenvalue weighted by Gasteiger charge is -2.22. The van der Waals surface area contributed by atoms with E-state index in [4.69, 9.17) is 9.90 Å². The Hall–Kier alpha value is -2.88. The predicted molar refractivity (Wildman–Crippen MR) is 104 cm³/mol. The fraction of sp³-hybridized carbons (Fsp3) is 0.429. The van der Waals surface area contributed by atoms with Crippen LogP contribution in [0.25, 0.3) is 0 Å². The van der Waals surface area contributed by atoms with Crippen molar-refractivity contribution in [1.29, 1.82) is 0 Å². The molecule has 4 rings (SSSR count). The number of fused-ring (bicyclic) bond motifs is 1. The third kappa shape index (κ3) is 5.63. The highest BCUT2D eigenvalue weighted by molar-refractivity contribution is 5.93. The molecule has 3 heterocycles. The molecule has 2 saturated heterocycles. The SMILES string of the molecule is Cn1cccc1C(=O)N1CC2CN(Cc3cccc(F)c3)CC2C1.O=C(O)C(F)(F)F. The molecule has 6 nitrogen and oxygen atoms in total. The van der Waals surface area contributed by atoms with Gasteiger partial charge in [0.1, 0.15) is 11.5 Å². The number of amides is 1. The molecule has 0 bridgehead atoms. The van der Waals surface area contributed by atoms with Crippen LogP contribution in [0.3, 0.4) is 0 Å². The Morgan fingerprint density at radius 3 is 2.16 bits per heavy atom. The second-order valence-corrected chi connectivity index (χ2v) is 7.86. The van der Waals surface area contributed by atoms with Crippen LogP contribution < -0.4 is 0 Å².